The van der Waals surface area contributed by atoms with Crippen LogP contribution in [0, 0.1) is 5.92 Å². The van der Waals surface area contributed by atoms with Crippen LogP contribution in [0.25, 0.3) is 11.0 Å². The lowest BCUT2D eigenvalue weighted by Crippen LogP contribution is -3.17. The number of aromatic nitrogens is 2. The van der Waals surface area contributed by atoms with E-state index in [1.165, 1.54) is 17.7 Å². The van der Waals surface area contributed by atoms with Crippen molar-refractivity contribution in [3.63, 3.8) is 0 Å². The van der Waals surface area contributed by atoms with Gasteiger partial charge in [-0.05, 0) is 38.0 Å². The van der Waals surface area contributed by atoms with Gasteiger partial charge in [-0.2, -0.15) is 0 Å². The first-order valence-electron chi connectivity index (χ1n) is 7.90. The molecular formula is C16H23N4O2+. The number of rotatable bonds is 3. The molecule has 6 heteroatoms. The molecular weight excluding hydrogens is 280 g/mol. The Morgan fingerprint density at radius 1 is 1.36 bits per heavy atom. The predicted molar refractivity (Wildman–Crippen MR) is 86.1 cm³/mol. The van der Waals surface area contributed by atoms with Gasteiger partial charge in [0.2, 0.25) is 0 Å². The molecule has 0 saturated carbocycles. The Bertz CT molecular complexity index is 733. The molecule has 0 aliphatic carbocycles. The Hall–Kier alpha value is -2.08. The topological polar surface area (TPSA) is 82.2 Å². The SMILES string of the molecule is C[C@H]1CCC[NH+]([C@@H](C)C(=O)Nc2ccc3[nH]c(=O)[nH]c3c2)C1. The van der Waals surface area contributed by atoms with Gasteiger partial charge in [0.15, 0.2) is 6.04 Å². The Morgan fingerprint density at radius 2 is 2.14 bits per heavy atom. The van der Waals surface area contributed by atoms with E-state index in [1.54, 1.807) is 12.1 Å². The number of hydrogen-bond donors (Lipinski definition) is 4. The van der Waals surface area contributed by atoms with Crippen molar-refractivity contribution >= 4 is 22.6 Å². The first-order chi connectivity index (χ1) is 10.5. The molecule has 1 aliphatic heterocycles. The number of carbonyl (C=O) groups is 1. The van der Waals surface area contributed by atoms with Crippen LogP contribution in [-0.2, 0) is 4.79 Å². The summed E-state index contributed by atoms with van der Waals surface area (Å²) < 4.78 is 0. The van der Waals surface area contributed by atoms with Crippen molar-refractivity contribution in [2.75, 3.05) is 18.4 Å². The molecule has 3 rings (SSSR count). The molecule has 6 nitrogen and oxygen atoms in total. The second-order valence-corrected chi connectivity index (χ2v) is 6.41. The number of carbonyl (C=O) groups excluding carboxylic acids is 1. The van der Waals surface area contributed by atoms with Crippen molar-refractivity contribution in [1.82, 2.24) is 9.97 Å². The highest BCUT2D eigenvalue weighted by atomic mass is 16.2. The maximum atomic E-state index is 12.4. The highest BCUT2D eigenvalue weighted by Gasteiger charge is 2.29. The summed E-state index contributed by atoms with van der Waals surface area (Å²) in [6.45, 7) is 6.35. The summed E-state index contributed by atoms with van der Waals surface area (Å²) in [5, 5.41) is 2.96. The van der Waals surface area contributed by atoms with Gasteiger partial charge in [-0.25, -0.2) is 4.79 Å². The maximum Gasteiger partial charge on any atom is 0.323 e. The summed E-state index contributed by atoms with van der Waals surface area (Å²) in [4.78, 5) is 30.5. The van der Waals surface area contributed by atoms with E-state index in [2.05, 4.69) is 22.2 Å². The molecule has 2 heterocycles. The van der Waals surface area contributed by atoms with Gasteiger partial charge in [-0.15, -0.1) is 0 Å². The average molecular weight is 303 g/mol. The van der Waals surface area contributed by atoms with Gasteiger partial charge < -0.3 is 20.2 Å². The highest BCUT2D eigenvalue weighted by Crippen LogP contribution is 2.14. The number of aromatic amines is 2. The van der Waals surface area contributed by atoms with Crippen LogP contribution in [-0.4, -0.2) is 35.0 Å². The van der Waals surface area contributed by atoms with Crippen LogP contribution in [0.2, 0.25) is 0 Å². The van der Waals surface area contributed by atoms with E-state index in [0.29, 0.717) is 17.1 Å². The van der Waals surface area contributed by atoms with Crippen molar-refractivity contribution in [1.29, 1.82) is 0 Å². The third-order valence-electron chi connectivity index (χ3n) is 4.59. The quantitative estimate of drug-likeness (QED) is 0.666. The number of anilines is 1. The number of H-pyrrole nitrogens is 2. The molecule has 1 saturated heterocycles. The van der Waals surface area contributed by atoms with Gasteiger partial charge in [0.05, 0.1) is 24.1 Å². The van der Waals surface area contributed by atoms with E-state index in [4.69, 9.17) is 0 Å². The first kappa shape index (κ1) is 14.8. The largest absolute Gasteiger partial charge is 0.325 e. The lowest BCUT2D eigenvalue weighted by Gasteiger charge is -2.31. The monoisotopic (exact) mass is 303 g/mol. The molecule has 1 unspecified atom stereocenters. The number of nitrogens with one attached hydrogen (secondary N) is 4. The fraction of sp³-hybridized carbons (Fsp3) is 0.500. The zero-order valence-corrected chi connectivity index (χ0v) is 13.0. The highest BCUT2D eigenvalue weighted by molar-refractivity contribution is 5.95. The number of fused-ring (bicyclic) bond motifs is 1. The molecule has 1 aliphatic rings. The van der Waals surface area contributed by atoms with Gasteiger partial charge in [0, 0.05) is 11.6 Å². The molecule has 0 spiro atoms. The first-order valence-corrected chi connectivity index (χ1v) is 7.90. The summed E-state index contributed by atoms with van der Waals surface area (Å²) in [5.41, 5.74) is 1.92. The van der Waals surface area contributed by atoms with Crippen LogP contribution < -0.4 is 15.9 Å². The Morgan fingerprint density at radius 3 is 2.91 bits per heavy atom. The number of piperidine rings is 1. The van der Waals surface area contributed by atoms with E-state index in [1.807, 2.05) is 13.0 Å². The van der Waals surface area contributed by atoms with Gasteiger partial charge in [0.25, 0.3) is 5.91 Å². The normalized spacial score (nSPS) is 23.4. The number of hydrogen-bond acceptors (Lipinski definition) is 2. The summed E-state index contributed by atoms with van der Waals surface area (Å²) in [6.07, 6.45) is 2.44. The predicted octanol–water partition coefficient (Wildman–Crippen LogP) is 0.498. The molecule has 0 radical (unpaired) electrons. The van der Waals surface area contributed by atoms with Gasteiger partial charge in [0.1, 0.15) is 0 Å². The summed E-state index contributed by atoms with van der Waals surface area (Å²) in [7, 11) is 0. The van der Waals surface area contributed by atoms with Crippen LogP contribution in [0.5, 0.6) is 0 Å². The lowest BCUT2D eigenvalue weighted by molar-refractivity contribution is -0.922. The standard InChI is InChI=1S/C16H22N4O2/c1-10-4-3-7-20(9-10)11(2)15(21)17-12-5-6-13-14(8-12)19-16(22)18-13/h5-6,8,10-11H,3-4,7,9H2,1-2H3,(H,17,21)(H2,18,19,22)/p+1/t10-,11-/m0/s1. The van der Waals surface area contributed by atoms with Crippen LogP contribution in [0.1, 0.15) is 26.7 Å². The van der Waals surface area contributed by atoms with Gasteiger partial charge >= 0.3 is 5.69 Å². The second kappa shape index (κ2) is 5.96. The molecule has 1 aromatic heterocycles. The number of quaternary nitrogens is 1. The lowest BCUT2D eigenvalue weighted by atomic mass is 9.99. The van der Waals surface area contributed by atoms with Crippen molar-refractivity contribution < 1.29 is 9.69 Å². The molecule has 1 aromatic carbocycles. The number of benzene rings is 1. The van der Waals surface area contributed by atoms with Gasteiger partial charge in [-0.1, -0.05) is 6.92 Å². The fourth-order valence-electron chi connectivity index (χ4n) is 3.27. The molecule has 1 amide bonds. The van der Waals surface area contributed by atoms with Crippen LogP contribution in [0.3, 0.4) is 0 Å². The van der Waals surface area contributed by atoms with Crippen molar-refractivity contribution in [2.45, 2.75) is 32.7 Å². The maximum absolute atomic E-state index is 12.4. The van der Waals surface area contributed by atoms with E-state index >= 15 is 0 Å². The Balaban J connectivity index is 1.70. The minimum Gasteiger partial charge on any atom is -0.325 e. The third kappa shape index (κ3) is 3.06. The van der Waals surface area contributed by atoms with Crippen LogP contribution in [0.15, 0.2) is 23.0 Å². The number of imidazole rings is 1. The molecule has 22 heavy (non-hydrogen) atoms. The summed E-state index contributed by atoms with van der Waals surface area (Å²) in [5.74, 6) is 0.710. The number of amides is 1. The Labute approximate surface area is 128 Å². The average Bonchev–Trinajstić information content (AvgIpc) is 2.85. The second-order valence-electron chi connectivity index (χ2n) is 6.41. The minimum atomic E-state index is -0.237. The van der Waals surface area contributed by atoms with Crippen LogP contribution in [0.4, 0.5) is 5.69 Å². The fourth-order valence-corrected chi connectivity index (χ4v) is 3.27. The molecule has 2 aromatic rings. The van der Waals surface area contributed by atoms with Crippen molar-refractivity contribution in [2.24, 2.45) is 5.92 Å². The van der Waals surface area contributed by atoms with E-state index in [0.717, 1.165) is 18.6 Å². The molecule has 1 fully saturated rings. The van der Waals surface area contributed by atoms with Crippen LogP contribution >= 0.6 is 0 Å². The smallest absolute Gasteiger partial charge is 0.323 e. The third-order valence-corrected chi connectivity index (χ3v) is 4.59. The summed E-state index contributed by atoms with van der Waals surface area (Å²) in [6, 6.07) is 5.32. The zero-order chi connectivity index (χ0) is 15.7. The molecule has 4 N–H and O–H groups in total. The summed E-state index contributed by atoms with van der Waals surface area (Å²) >= 11 is 0. The Kier molecular flexibility index (Phi) is 4.02. The van der Waals surface area contributed by atoms with Crippen molar-refractivity contribution in [3.8, 4) is 0 Å². The zero-order valence-electron chi connectivity index (χ0n) is 13.0. The minimum absolute atomic E-state index is 0.0290. The molecule has 118 valence electrons. The van der Waals surface area contributed by atoms with E-state index in [-0.39, 0.29) is 17.6 Å². The molecule has 0 bridgehead atoms. The number of likely N-dealkylation sites (tertiary alicyclic amines) is 1. The van der Waals surface area contributed by atoms with E-state index in [9.17, 15) is 9.59 Å². The molecule has 3 atom stereocenters. The van der Waals surface area contributed by atoms with E-state index < -0.39 is 0 Å². The van der Waals surface area contributed by atoms with Gasteiger partial charge in [-0.3, -0.25) is 4.79 Å². The van der Waals surface area contributed by atoms with Crippen molar-refractivity contribution in [3.05, 3.63) is 28.7 Å².